The molecule has 0 aliphatic heterocycles. The number of aryl methyl sites for hydroxylation is 1. The van der Waals surface area contributed by atoms with Crippen LogP contribution in [0.25, 0.3) is 0 Å². The van der Waals surface area contributed by atoms with Crippen LogP contribution in [0.15, 0.2) is 34.2 Å². The quantitative estimate of drug-likeness (QED) is 0.345. The number of rotatable bonds is 7. The third-order valence-corrected chi connectivity index (χ3v) is 3.51. The lowest BCUT2D eigenvalue weighted by molar-refractivity contribution is 0.798. The van der Waals surface area contributed by atoms with Gasteiger partial charge in [-0.3, -0.25) is 4.99 Å². The van der Waals surface area contributed by atoms with Crippen LogP contribution in [0.2, 0.25) is 0 Å². The van der Waals surface area contributed by atoms with Crippen LogP contribution in [0, 0.1) is 6.92 Å². The number of hydrogen-bond donors (Lipinski definition) is 2. The minimum Gasteiger partial charge on any atom is -0.370 e. The number of guanidine groups is 1. The Morgan fingerprint density at radius 3 is 2.72 bits per heavy atom. The summed E-state index contributed by atoms with van der Waals surface area (Å²) in [6.07, 6.45) is 2.25. The fourth-order valence-corrected chi connectivity index (χ4v) is 2.16. The molecule has 0 radical (unpaired) electrons. The number of hydrogen-bond acceptors (Lipinski definition) is 2. The average Bonchev–Trinajstić information content (AvgIpc) is 2.37. The molecule has 0 aliphatic rings. The van der Waals surface area contributed by atoms with Gasteiger partial charge in [-0.05, 0) is 25.5 Å². The van der Waals surface area contributed by atoms with Crippen molar-refractivity contribution in [1.29, 1.82) is 0 Å². The number of nitrogens with two attached hydrogens (primary N) is 1. The normalized spacial score (nSPS) is 11.6. The first-order valence-corrected chi connectivity index (χ1v) is 7.44. The van der Waals surface area contributed by atoms with Crippen molar-refractivity contribution in [1.82, 2.24) is 5.32 Å². The van der Waals surface area contributed by atoms with Crippen molar-refractivity contribution in [3.8, 4) is 0 Å². The van der Waals surface area contributed by atoms with Gasteiger partial charge in [0.1, 0.15) is 0 Å². The largest absolute Gasteiger partial charge is 0.370 e. The molecule has 1 aromatic rings. The molecule has 100 valence electrons. The first-order valence-electron chi connectivity index (χ1n) is 6.45. The summed E-state index contributed by atoms with van der Waals surface area (Å²) in [5.41, 5.74) is 7.04. The number of benzene rings is 1. The van der Waals surface area contributed by atoms with Gasteiger partial charge in [0.25, 0.3) is 0 Å². The van der Waals surface area contributed by atoms with E-state index >= 15 is 0 Å². The zero-order chi connectivity index (χ0) is 13.2. The van der Waals surface area contributed by atoms with Gasteiger partial charge >= 0.3 is 0 Å². The number of unbranched alkanes of at least 4 members (excludes halogenated alkanes) is 1. The highest BCUT2D eigenvalue weighted by Crippen LogP contribution is 2.17. The van der Waals surface area contributed by atoms with Crippen molar-refractivity contribution >= 4 is 17.7 Å². The Morgan fingerprint density at radius 1 is 1.33 bits per heavy atom. The highest BCUT2D eigenvalue weighted by Gasteiger charge is 1.95. The molecule has 4 heteroatoms. The second kappa shape index (κ2) is 8.86. The van der Waals surface area contributed by atoms with E-state index < -0.39 is 0 Å². The van der Waals surface area contributed by atoms with Crippen LogP contribution in [-0.2, 0) is 0 Å². The summed E-state index contributed by atoms with van der Waals surface area (Å²) in [5.74, 6) is 1.56. The van der Waals surface area contributed by atoms with E-state index in [4.69, 9.17) is 5.73 Å². The fourth-order valence-electron chi connectivity index (χ4n) is 1.40. The van der Waals surface area contributed by atoms with E-state index in [1.807, 2.05) is 11.8 Å². The zero-order valence-corrected chi connectivity index (χ0v) is 12.1. The fraction of sp³-hybridized carbons (Fsp3) is 0.500. The van der Waals surface area contributed by atoms with Crippen molar-refractivity contribution in [2.75, 3.05) is 18.8 Å². The summed E-state index contributed by atoms with van der Waals surface area (Å²) in [4.78, 5) is 5.54. The van der Waals surface area contributed by atoms with Gasteiger partial charge in [0.15, 0.2) is 5.96 Å². The Hall–Kier alpha value is -1.16. The van der Waals surface area contributed by atoms with E-state index in [-0.39, 0.29) is 0 Å². The maximum Gasteiger partial charge on any atom is 0.188 e. The molecule has 3 nitrogen and oxygen atoms in total. The monoisotopic (exact) mass is 265 g/mol. The van der Waals surface area contributed by atoms with Gasteiger partial charge < -0.3 is 11.1 Å². The maximum absolute atomic E-state index is 5.74. The summed E-state index contributed by atoms with van der Waals surface area (Å²) < 4.78 is 0. The van der Waals surface area contributed by atoms with Gasteiger partial charge in [-0.2, -0.15) is 0 Å². The van der Waals surface area contributed by atoms with Crippen molar-refractivity contribution in [3.05, 3.63) is 29.8 Å². The average molecular weight is 265 g/mol. The van der Waals surface area contributed by atoms with Crippen LogP contribution in [0.3, 0.4) is 0 Å². The molecule has 0 atom stereocenters. The lowest BCUT2D eigenvalue weighted by Gasteiger charge is -2.05. The predicted octanol–water partition coefficient (Wildman–Crippen LogP) is 2.79. The van der Waals surface area contributed by atoms with Crippen LogP contribution < -0.4 is 11.1 Å². The van der Waals surface area contributed by atoms with E-state index in [1.165, 1.54) is 10.5 Å². The zero-order valence-electron chi connectivity index (χ0n) is 11.3. The second-order valence-corrected chi connectivity index (χ2v) is 5.38. The number of nitrogens with zero attached hydrogens (tertiary/aromatic N) is 1. The standard InChI is InChI=1S/C14H23N3S/c1-3-4-9-16-14(15)17-10-11-18-13-7-5-12(2)6-8-13/h5-8H,3-4,9-11H2,1-2H3,(H3,15,16,17). The third kappa shape index (κ3) is 6.55. The van der Waals surface area contributed by atoms with Gasteiger partial charge in [-0.25, -0.2) is 0 Å². The molecule has 0 saturated heterocycles. The minimum atomic E-state index is 0.563. The van der Waals surface area contributed by atoms with Gasteiger partial charge in [0.2, 0.25) is 0 Å². The highest BCUT2D eigenvalue weighted by molar-refractivity contribution is 7.99. The molecule has 0 saturated carbocycles. The highest BCUT2D eigenvalue weighted by atomic mass is 32.2. The SMILES string of the molecule is CCCCN=C(N)NCCSc1ccc(C)cc1. The molecule has 0 aromatic heterocycles. The van der Waals surface area contributed by atoms with Gasteiger partial charge in [0, 0.05) is 23.7 Å². The van der Waals surface area contributed by atoms with Crippen molar-refractivity contribution in [2.45, 2.75) is 31.6 Å². The minimum absolute atomic E-state index is 0.563. The summed E-state index contributed by atoms with van der Waals surface area (Å²) in [6, 6.07) is 8.57. The van der Waals surface area contributed by atoms with E-state index in [2.05, 4.69) is 48.4 Å². The Morgan fingerprint density at radius 2 is 2.06 bits per heavy atom. The van der Waals surface area contributed by atoms with Crippen molar-refractivity contribution < 1.29 is 0 Å². The molecule has 0 fully saturated rings. The molecule has 0 unspecified atom stereocenters. The third-order valence-electron chi connectivity index (χ3n) is 2.49. The molecule has 0 heterocycles. The van der Waals surface area contributed by atoms with E-state index in [0.29, 0.717) is 5.96 Å². The van der Waals surface area contributed by atoms with Crippen LogP contribution in [0.1, 0.15) is 25.3 Å². The van der Waals surface area contributed by atoms with Crippen molar-refractivity contribution in [3.63, 3.8) is 0 Å². The first-order chi connectivity index (χ1) is 8.72. The summed E-state index contributed by atoms with van der Waals surface area (Å²) in [7, 11) is 0. The van der Waals surface area contributed by atoms with E-state index in [0.717, 1.165) is 31.7 Å². The molecule has 0 spiro atoms. The number of aliphatic imine (C=N–C) groups is 1. The second-order valence-electron chi connectivity index (χ2n) is 4.21. The molecule has 0 aliphatic carbocycles. The van der Waals surface area contributed by atoms with Gasteiger partial charge in [0.05, 0.1) is 0 Å². The van der Waals surface area contributed by atoms with Crippen LogP contribution in [0.4, 0.5) is 0 Å². The van der Waals surface area contributed by atoms with E-state index in [9.17, 15) is 0 Å². The number of thioether (sulfide) groups is 1. The predicted molar refractivity (Wildman–Crippen MR) is 81.3 cm³/mol. The summed E-state index contributed by atoms with van der Waals surface area (Å²) in [6.45, 7) is 5.92. The molecule has 0 bridgehead atoms. The Balaban J connectivity index is 2.14. The van der Waals surface area contributed by atoms with Gasteiger partial charge in [-0.1, -0.05) is 31.0 Å². The topological polar surface area (TPSA) is 50.4 Å². The lowest BCUT2D eigenvalue weighted by atomic mass is 10.2. The molecular formula is C14H23N3S. The first kappa shape index (κ1) is 14.9. The molecule has 1 rings (SSSR count). The molecular weight excluding hydrogens is 242 g/mol. The Labute approximate surface area is 114 Å². The Kier molecular flexibility index (Phi) is 7.34. The Bertz CT molecular complexity index is 360. The van der Waals surface area contributed by atoms with Gasteiger partial charge in [-0.15, -0.1) is 11.8 Å². The molecule has 0 amide bonds. The van der Waals surface area contributed by atoms with Crippen LogP contribution in [-0.4, -0.2) is 24.8 Å². The molecule has 3 N–H and O–H groups in total. The molecule has 18 heavy (non-hydrogen) atoms. The lowest BCUT2D eigenvalue weighted by Crippen LogP contribution is -2.33. The summed E-state index contributed by atoms with van der Waals surface area (Å²) in [5, 5.41) is 3.13. The summed E-state index contributed by atoms with van der Waals surface area (Å²) >= 11 is 1.83. The van der Waals surface area contributed by atoms with E-state index in [1.54, 1.807) is 0 Å². The number of nitrogens with one attached hydrogen (secondary N) is 1. The smallest absolute Gasteiger partial charge is 0.188 e. The molecule has 1 aromatic carbocycles. The van der Waals surface area contributed by atoms with Crippen molar-refractivity contribution in [2.24, 2.45) is 10.7 Å². The van der Waals surface area contributed by atoms with Crippen LogP contribution >= 0.6 is 11.8 Å². The van der Waals surface area contributed by atoms with Crippen LogP contribution in [0.5, 0.6) is 0 Å². The maximum atomic E-state index is 5.74.